The minimum atomic E-state index is -3.57. The summed E-state index contributed by atoms with van der Waals surface area (Å²) in [6.07, 6.45) is 4.99. The highest BCUT2D eigenvalue weighted by atomic mass is 35.5. The number of aromatic nitrogens is 1. The largest absolute Gasteiger partial charge is 0.245 e. The van der Waals surface area contributed by atoms with Crippen molar-refractivity contribution in [2.24, 2.45) is 0 Å². The summed E-state index contributed by atoms with van der Waals surface area (Å²) in [7, 11) is -3.57. The first-order valence-electron chi connectivity index (χ1n) is 7.80. The number of hydrogen-bond donors (Lipinski definition) is 0. The number of nitrogens with zero attached hydrogens (tertiary/aromatic N) is 2. The number of halogens is 1. The summed E-state index contributed by atoms with van der Waals surface area (Å²) in [5.41, 5.74) is 2.40. The Kier molecular flexibility index (Phi) is 3.67. The number of pyridine rings is 1. The molecule has 0 saturated heterocycles. The maximum absolute atomic E-state index is 13.2. The molecule has 1 atom stereocenters. The third-order valence-corrected chi connectivity index (χ3v) is 6.76. The molecule has 1 aromatic carbocycles. The van der Waals surface area contributed by atoms with Gasteiger partial charge in [0.25, 0.3) is 0 Å². The molecule has 1 unspecified atom stereocenters. The van der Waals surface area contributed by atoms with Gasteiger partial charge in [-0.25, -0.2) is 13.4 Å². The highest BCUT2D eigenvalue weighted by Gasteiger charge is 2.44. The van der Waals surface area contributed by atoms with Gasteiger partial charge in [-0.2, -0.15) is 4.31 Å². The van der Waals surface area contributed by atoms with E-state index in [2.05, 4.69) is 17.1 Å². The van der Waals surface area contributed by atoms with Crippen LogP contribution in [0, 0.1) is 0 Å². The van der Waals surface area contributed by atoms with Crippen LogP contribution in [0.5, 0.6) is 0 Å². The maximum atomic E-state index is 13.2. The molecular formula is C17H17ClN2O2S. The molecule has 1 saturated carbocycles. The van der Waals surface area contributed by atoms with E-state index in [-0.39, 0.29) is 17.0 Å². The van der Waals surface area contributed by atoms with Crippen LogP contribution in [-0.2, 0) is 16.4 Å². The SMILES string of the molecule is O=S(=O)(c1ccc(Cl)nc1)N(C1CC1)C1CCc2ccccc21. The molecule has 4 nitrogen and oxygen atoms in total. The molecule has 1 aromatic heterocycles. The van der Waals surface area contributed by atoms with Gasteiger partial charge in [0.1, 0.15) is 10.0 Å². The van der Waals surface area contributed by atoms with Crippen molar-refractivity contribution >= 4 is 21.6 Å². The van der Waals surface area contributed by atoms with E-state index in [9.17, 15) is 8.42 Å². The van der Waals surface area contributed by atoms with Crippen molar-refractivity contribution in [2.45, 2.75) is 42.7 Å². The second kappa shape index (κ2) is 5.58. The zero-order valence-corrected chi connectivity index (χ0v) is 14.1. The summed E-state index contributed by atoms with van der Waals surface area (Å²) in [5.74, 6) is 0. The van der Waals surface area contributed by atoms with Crippen LogP contribution in [0.3, 0.4) is 0 Å². The van der Waals surface area contributed by atoms with Crippen LogP contribution in [0.1, 0.15) is 36.4 Å². The van der Waals surface area contributed by atoms with Crippen LogP contribution in [0.2, 0.25) is 5.15 Å². The summed E-state index contributed by atoms with van der Waals surface area (Å²) in [6, 6.07) is 11.3. The van der Waals surface area contributed by atoms with Crippen LogP contribution in [0.25, 0.3) is 0 Å². The molecule has 120 valence electrons. The molecular weight excluding hydrogens is 332 g/mol. The van der Waals surface area contributed by atoms with E-state index in [0.29, 0.717) is 5.15 Å². The van der Waals surface area contributed by atoms with E-state index in [0.717, 1.165) is 31.2 Å². The first-order chi connectivity index (χ1) is 11.1. The normalized spacial score (nSPS) is 20.7. The lowest BCUT2D eigenvalue weighted by atomic mass is 10.1. The predicted octanol–water partition coefficient (Wildman–Crippen LogP) is 3.58. The van der Waals surface area contributed by atoms with E-state index in [1.54, 1.807) is 10.4 Å². The van der Waals surface area contributed by atoms with E-state index < -0.39 is 10.0 Å². The molecule has 6 heteroatoms. The topological polar surface area (TPSA) is 50.3 Å². The molecule has 0 aliphatic heterocycles. The van der Waals surface area contributed by atoms with Crippen molar-refractivity contribution < 1.29 is 8.42 Å². The van der Waals surface area contributed by atoms with Gasteiger partial charge < -0.3 is 0 Å². The summed E-state index contributed by atoms with van der Waals surface area (Å²) in [4.78, 5) is 4.16. The first-order valence-corrected chi connectivity index (χ1v) is 9.62. The van der Waals surface area contributed by atoms with Gasteiger partial charge in [0.2, 0.25) is 10.0 Å². The molecule has 0 bridgehead atoms. The lowest BCUT2D eigenvalue weighted by Crippen LogP contribution is -2.36. The van der Waals surface area contributed by atoms with Gasteiger partial charge in [-0.15, -0.1) is 0 Å². The molecule has 1 heterocycles. The molecule has 0 amide bonds. The second-order valence-electron chi connectivity index (χ2n) is 6.14. The van der Waals surface area contributed by atoms with Crippen LogP contribution >= 0.6 is 11.6 Å². The molecule has 2 aliphatic rings. The first kappa shape index (κ1) is 15.1. The molecule has 23 heavy (non-hydrogen) atoms. The maximum Gasteiger partial charge on any atom is 0.245 e. The van der Waals surface area contributed by atoms with Crippen molar-refractivity contribution in [1.29, 1.82) is 0 Å². The van der Waals surface area contributed by atoms with Crippen LogP contribution in [0.4, 0.5) is 0 Å². The Labute approximate surface area is 141 Å². The van der Waals surface area contributed by atoms with Gasteiger partial charge in [-0.05, 0) is 48.9 Å². The fraction of sp³-hybridized carbons (Fsp3) is 0.353. The summed E-state index contributed by atoms with van der Waals surface area (Å²) in [6.45, 7) is 0. The summed E-state index contributed by atoms with van der Waals surface area (Å²) in [5, 5.41) is 0.299. The Morgan fingerprint density at radius 1 is 1.09 bits per heavy atom. The standard InChI is InChI=1S/C17H17ClN2O2S/c18-17-10-8-14(11-19-17)23(21,22)20(13-6-7-13)16-9-5-12-3-1-2-4-15(12)16/h1-4,8,10-11,13,16H,5-7,9H2. The highest BCUT2D eigenvalue weighted by molar-refractivity contribution is 7.89. The van der Waals surface area contributed by atoms with E-state index in [1.165, 1.54) is 17.8 Å². The molecule has 0 radical (unpaired) electrons. The predicted molar refractivity (Wildman–Crippen MR) is 88.8 cm³/mol. The zero-order valence-electron chi connectivity index (χ0n) is 12.5. The van der Waals surface area contributed by atoms with Crippen molar-refractivity contribution in [3.8, 4) is 0 Å². The highest BCUT2D eigenvalue weighted by Crippen LogP contribution is 2.44. The van der Waals surface area contributed by atoms with Gasteiger partial charge in [-0.1, -0.05) is 35.9 Å². The third kappa shape index (κ3) is 2.67. The van der Waals surface area contributed by atoms with Crippen molar-refractivity contribution in [2.75, 3.05) is 0 Å². The van der Waals surface area contributed by atoms with Crippen molar-refractivity contribution in [1.82, 2.24) is 9.29 Å². The number of rotatable bonds is 4. The number of sulfonamides is 1. The Morgan fingerprint density at radius 3 is 2.57 bits per heavy atom. The smallest absolute Gasteiger partial charge is 0.243 e. The minimum absolute atomic E-state index is 0.0700. The van der Waals surface area contributed by atoms with Crippen molar-refractivity contribution in [3.63, 3.8) is 0 Å². The van der Waals surface area contributed by atoms with Crippen LogP contribution < -0.4 is 0 Å². The fourth-order valence-electron chi connectivity index (χ4n) is 3.38. The fourth-order valence-corrected chi connectivity index (χ4v) is 5.32. The van der Waals surface area contributed by atoms with Gasteiger partial charge in [-0.3, -0.25) is 0 Å². The molecule has 4 rings (SSSR count). The lowest BCUT2D eigenvalue weighted by molar-refractivity contribution is 0.314. The summed E-state index contributed by atoms with van der Waals surface area (Å²) < 4.78 is 28.0. The Morgan fingerprint density at radius 2 is 1.87 bits per heavy atom. The van der Waals surface area contributed by atoms with Gasteiger partial charge in [0.15, 0.2) is 0 Å². The Hall–Kier alpha value is -1.43. The third-order valence-electron chi connectivity index (χ3n) is 4.59. The van der Waals surface area contributed by atoms with Gasteiger partial charge in [0, 0.05) is 12.2 Å². The lowest BCUT2D eigenvalue weighted by Gasteiger charge is -2.28. The zero-order chi connectivity index (χ0) is 16.0. The van der Waals surface area contributed by atoms with Gasteiger partial charge in [0.05, 0.1) is 6.04 Å². The molecule has 2 aliphatic carbocycles. The van der Waals surface area contributed by atoms with E-state index >= 15 is 0 Å². The molecule has 0 spiro atoms. The minimum Gasteiger partial charge on any atom is -0.243 e. The van der Waals surface area contributed by atoms with Gasteiger partial charge >= 0.3 is 0 Å². The molecule has 0 N–H and O–H groups in total. The Bertz CT molecular complexity index is 832. The van der Waals surface area contributed by atoms with E-state index in [1.807, 2.05) is 12.1 Å². The number of benzene rings is 1. The number of fused-ring (bicyclic) bond motifs is 1. The number of aryl methyl sites for hydroxylation is 1. The van der Waals surface area contributed by atoms with Crippen LogP contribution in [0.15, 0.2) is 47.5 Å². The Balaban J connectivity index is 1.76. The molecule has 2 aromatic rings. The van der Waals surface area contributed by atoms with Crippen molar-refractivity contribution in [3.05, 3.63) is 58.9 Å². The average Bonchev–Trinajstić information content (AvgIpc) is 3.28. The second-order valence-corrected chi connectivity index (χ2v) is 8.37. The van der Waals surface area contributed by atoms with Crippen LogP contribution in [-0.4, -0.2) is 23.7 Å². The number of hydrogen-bond acceptors (Lipinski definition) is 3. The quantitative estimate of drug-likeness (QED) is 0.793. The molecule has 1 fully saturated rings. The summed E-state index contributed by atoms with van der Waals surface area (Å²) >= 11 is 5.79. The monoisotopic (exact) mass is 348 g/mol. The van der Waals surface area contributed by atoms with E-state index in [4.69, 9.17) is 11.6 Å². The average molecular weight is 349 g/mol.